The second-order valence-corrected chi connectivity index (χ2v) is 8.51. The van der Waals surface area contributed by atoms with E-state index in [1.807, 2.05) is 42.5 Å². The molecular weight excluding hydrogens is 434 g/mol. The molecule has 0 spiro atoms. The van der Waals surface area contributed by atoms with E-state index in [0.717, 1.165) is 36.3 Å². The Kier molecular flexibility index (Phi) is 6.13. The van der Waals surface area contributed by atoms with Crippen LogP contribution in [0, 0.1) is 0 Å². The fourth-order valence-corrected chi connectivity index (χ4v) is 4.43. The number of benzene rings is 3. The SMILES string of the molecule is O=C(CCc1ncc(-c2ccccc2Cl)o1)Nc1ccccc1CN1CCc2ccccc21. The Hall–Kier alpha value is -3.57. The lowest BCUT2D eigenvalue weighted by Gasteiger charge is -2.21. The molecule has 0 atom stereocenters. The summed E-state index contributed by atoms with van der Waals surface area (Å²) < 4.78 is 5.81. The van der Waals surface area contributed by atoms with Crippen molar-refractivity contribution in [2.75, 3.05) is 16.8 Å². The molecule has 0 unspecified atom stereocenters. The van der Waals surface area contributed by atoms with Gasteiger partial charge in [0, 0.05) is 42.9 Å². The van der Waals surface area contributed by atoms with Crippen molar-refractivity contribution >= 4 is 28.9 Å². The Morgan fingerprint density at radius 1 is 1.03 bits per heavy atom. The molecule has 0 saturated carbocycles. The fraction of sp³-hybridized carbons (Fsp3) is 0.185. The fourth-order valence-electron chi connectivity index (χ4n) is 4.20. The number of nitrogens with one attached hydrogen (secondary N) is 1. The van der Waals surface area contributed by atoms with E-state index in [0.29, 0.717) is 23.1 Å². The highest BCUT2D eigenvalue weighted by atomic mass is 35.5. The van der Waals surface area contributed by atoms with Crippen molar-refractivity contribution in [3.63, 3.8) is 0 Å². The van der Waals surface area contributed by atoms with Gasteiger partial charge in [0.05, 0.1) is 11.2 Å². The zero-order valence-corrected chi connectivity index (χ0v) is 18.9. The number of fused-ring (bicyclic) bond motifs is 1. The third-order valence-corrected chi connectivity index (χ3v) is 6.22. The summed E-state index contributed by atoms with van der Waals surface area (Å²) in [6.07, 6.45) is 3.40. The van der Waals surface area contributed by atoms with Gasteiger partial charge in [-0.15, -0.1) is 0 Å². The lowest BCUT2D eigenvalue weighted by molar-refractivity contribution is -0.116. The molecule has 0 aliphatic carbocycles. The number of nitrogens with zero attached hydrogens (tertiary/aromatic N) is 2. The monoisotopic (exact) mass is 457 g/mol. The predicted molar refractivity (Wildman–Crippen MR) is 132 cm³/mol. The summed E-state index contributed by atoms with van der Waals surface area (Å²) in [5.74, 6) is 1.05. The first-order valence-electron chi connectivity index (χ1n) is 11.1. The first-order valence-corrected chi connectivity index (χ1v) is 11.5. The second kappa shape index (κ2) is 9.51. The van der Waals surface area contributed by atoms with E-state index in [2.05, 4.69) is 45.5 Å². The van der Waals surface area contributed by atoms with Crippen LogP contribution in [0.4, 0.5) is 11.4 Å². The molecular formula is C27H24ClN3O2. The summed E-state index contributed by atoms with van der Waals surface area (Å²) >= 11 is 6.23. The minimum atomic E-state index is -0.0678. The molecule has 0 radical (unpaired) electrons. The number of carbonyl (C=O) groups excluding carboxylic acids is 1. The Morgan fingerprint density at radius 3 is 2.73 bits per heavy atom. The van der Waals surface area contributed by atoms with E-state index in [1.54, 1.807) is 6.20 Å². The molecule has 0 bridgehead atoms. The van der Waals surface area contributed by atoms with Crippen LogP contribution in [0.15, 0.2) is 83.4 Å². The number of oxazole rings is 1. The van der Waals surface area contributed by atoms with Crippen molar-refractivity contribution in [3.05, 3.63) is 101 Å². The highest BCUT2D eigenvalue weighted by molar-refractivity contribution is 6.33. The van der Waals surface area contributed by atoms with Gasteiger partial charge in [-0.3, -0.25) is 4.79 Å². The van der Waals surface area contributed by atoms with Gasteiger partial charge >= 0.3 is 0 Å². The molecule has 33 heavy (non-hydrogen) atoms. The number of halogens is 1. The van der Waals surface area contributed by atoms with Gasteiger partial charge in [-0.25, -0.2) is 4.98 Å². The smallest absolute Gasteiger partial charge is 0.224 e. The molecule has 6 heteroatoms. The van der Waals surface area contributed by atoms with E-state index in [-0.39, 0.29) is 12.3 Å². The minimum Gasteiger partial charge on any atom is -0.441 e. The number of hydrogen-bond donors (Lipinski definition) is 1. The summed E-state index contributed by atoms with van der Waals surface area (Å²) in [5.41, 5.74) is 5.38. The third kappa shape index (κ3) is 4.78. The van der Waals surface area contributed by atoms with E-state index in [9.17, 15) is 4.79 Å². The van der Waals surface area contributed by atoms with Crippen LogP contribution >= 0.6 is 11.6 Å². The summed E-state index contributed by atoms with van der Waals surface area (Å²) in [7, 11) is 0. The van der Waals surface area contributed by atoms with Crippen molar-refractivity contribution in [3.8, 4) is 11.3 Å². The standard InChI is InChI=1S/C27H24ClN3O2/c28-22-10-4-3-9-21(22)25-17-29-27(33-25)14-13-26(32)30-23-11-5-1-8-20(23)18-31-16-15-19-7-2-6-12-24(19)31/h1-12,17H,13-16,18H2,(H,30,32). The zero-order chi connectivity index (χ0) is 22.6. The van der Waals surface area contributed by atoms with E-state index < -0.39 is 0 Å². The summed E-state index contributed by atoms with van der Waals surface area (Å²) in [6.45, 7) is 1.74. The average molecular weight is 458 g/mol. The topological polar surface area (TPSA) is 58.4 Å². The number of aryl methyl sites for hydroxylation is 1. The van der Waals surface area contributed by atoms with Gasteiger partial charge in [0.2, 0.25) is 5.91 Å². The molecule has 1 aliphatic heterocycles. The first-order chi connectivity index (χ1) is 16.2. The van der Waals surface area contributed by atoms with Crippen molar-refractivity contribution < 1.29 is 9.21 Å². The maximum atomic E-state index is 12.7. The van der Waals surface area contributed by atoms with E-state index >= 15 is 0 Å². The van der Waals surface area contributed by atoms with Gasteiger partial charge in [-0.1, -0.05) is 60.1 Å². The predicted octanol–water partition coefficient (Wildman–Crippen LogP) is 6.13. The first kappa shape index (κ1) is 21.3. The number of hydrogen-bond acceptors (Lipinski definition) is 4. The van der Waals surface area contributed by atoms with Crippen LogP contribution in [-0.2, 0) is 24.2 Å². The van der Waals surface area contributed by atoms with Gasteiger partial charge in [-0.05, 0) is 41.8 Å². The lowest BCUT2D eigenvalue weighted by Crippen LogP contribution is -2.21. The lowest BCUT2D eigenvalue weighted by atomic mass is 10.1. The quantitative estimate of drug-likeness (QED) is 0.362. The molecule has 0 fully saturated rings. The van der Waals surface area contributed by atoms with Crippen LogP contribution in [-0.4, -0.2) is 17.4 Å². The van der Waals surface area contributed by atoms with Crippen LogP contribution in [0.1, 0.15) is 23.4 Å². The number of para-hydroxylation sites is 2. The van der Waals surface area contributed by atoms with Crippen molar-refractivity contribution in [2.24, 2.45) is 0 Å². The molecule has 5 nitrogen and oxygen atoms in total. The van der Waals surface area contributed by atoms with Crippen LogP contribution in [0.25, 0.3) is 11.3 Å². The molecule has 0 saturated heterocycles. The Bertz CT molecular complexity index is 1280. The molecule has 1 N–H and O–H groups in total. The number of carbonyl (C=O) groups is 1. The van der Waals surface area contributed by atoms with E-state index in [4.69, 9.17) is 16.0 Å². The molecule has 1 aliphatic rings. The number of rotatable bonds is 7. The van der Waals surface area contributed by atoms with E-state index in [1.165, 1.54) is 11.3 Å². The summed E-state index contributed by atoms with van der Waals surface area (Å²) in [4.78, 5) is 19.4. The molecule has 166 valence electrons. The van der Waals surface area contributed by atoms with Gasteiger partial charge in [0.15, 0.2) is 11.7 Å². The molecule has 4 aromatic rings. The number of aromatic nitrogens is 1. The largest absolute Gasteiger partial charge is 0.441 e. The zero-order valence-electron chi connectivity index (χ0n) is 18.1. The highest BCUT2D eigenvalue weighted by Gasteiger charge is 2.19. The van der Waals surface area contributed by atoms with Crippen molar-refractivity contribution in [1.82, 2.24) is 4.98 Å². The average Bonchev–Trinajstić information content (AvgIpc) is 3.47. The van der Waals surface area contributed by atoms with Crippen molar-refractivity contribution in [2.45, 2.75) is 25.8 Å². The highest BCUT2D eigenvalue weighted by Crippen LogP contribution is 2.31. The summed E-state index contributed by atoms with van der Waals surface area (Å²) in [5, 5.41) is 3.68. The van der Waals surface area contributed by atoms with Crippen LogP contribution in [0.2, 0.25) is 5.02 Å². The molecule has 3 aromatic carbocycles. The van der Waals surface area contributed by atoms with Gasteiger partial charge < -0.3 is 14.6 Å². The maximum absolute atomic E-state index is 12.7. The van der Waals surface area contributed by atoms with Crippen LogP contribution < -0.4 is 10.2 Å². The van der Waals surface area contributed by atoms with Crippen LogP contribution in [0.5, 0.6) is 0 Å². The van der Waals surface area contributed by atoms with Crippen molar-refractivity contribution in [1.29, 1.82) is 0 Å². The summed E-state index contributed by atoms with van der Waals surface area (Å²) in [6, 6.07) is 23.9. The van der Waals surface area contributed by atoms with Crippen LogP contribution in [0.3, 0.4) is 0 Å². The molecule has 2 heterocycles. The number of amides is 1. The van der Waals surface area contributed by atoms with Gasteiger partial charge in [0.1, 0.15) is 0 Å². The van der Waals surface area contributed by atoms with Gasteiger partial charge in [0.25, 0.3) is 0 Å². The van der Waals surface area contributed by atoms with Gasteiger partial charge in [-0.2, -0.15) is 0 Å². The second-order valence-electron chi connectivity index (χ2n) is 8.10. The Labute approximate surface area is 198 Å². The maximum Gasteiger partial charge on any atom is 0.224 e. The third-order valence-electron chi connectivity index (χ3n) is 5.89. The molecule has 1 aromatic heterocycles. The minimum absolute atomic E-state index is 0.0678. The normalized spacial score (nSPS) is 12.6. The molecule has 1 amide bonds. The Morgan fingerprint density at radius 2 is 1.82 bits per heavy atom. The Balaban J connectivity index is 1.21. The number of anilines is 2. The molecule has 5 rings (SSSR count).